The number of benzene rings is 1. The van der Waals surface area contributed by atoms with Gasteiger partial charge in [0.05, 0.1) is 46.5 Å². The monoisotopic (exact) mass is 426 g/mol. The molecule has 164 valence electrons. The van der Waals surface area contributed by atoms with E-state index in [-0.39, 0.29) is 11.3 Å². The first-order valence-electron chi connectivity index (χ1n) is 10.1. The molecule has 1 amide bonds. The molecule has 1 atom stereocenters. The number of pyridine rings is 1. The van der Waals surface area contributed by atoms with Crippen LogP contribution >= 0.6 is 0 Å². The van der Waals surface area contributed by atoms with Gasteiger partial charge in [0.1, 0.15) is 17.3 Å². The van der Waals surface area contributed by atoms with Crippen LogP contribution in [-0.4, -0.2) is 68.1 Å². The molecule has 0 spiro atoms. The molecule has 8 nitrogen and oxygen atoms in total. The highest BCUT2D eigenvalue weighted by Crippen LogP contribution is 2.43. The molecule has 1 aromatic carbocycles. The van der Waals surface area contributed by atoms with E-state index in [1.165, 1.54) is 29.3 Å². The van der Waals surface area contributed by atoms with E-state index in [1.54, 1.807) is 37.4 Å². The second-order valence-electron chi connectivity index (χ2n) is 7.65. The van der Waals surface area contributed by atoms with Crippen molar-refractivity contribution >= 4 is 17.4 Å². The molecule has 1 saturated heterocycles. The van der Waals surface area contributed by atoms with E-state index < -0.39 is 17.7 Å². The number of carbonyl (C=O) groups is 2. The van der Waals surface area contributed by atoms with Gasteiger partial charge in [-0.2, -0.15) is 0 Å². The van der Waals surface area contributed by atoms with Crippen LogP contribution in [0.1, 0.15) is 23.6 Å². The maximum Gasteiger partial charge on any atom is 0.295 e. The number of ketones is 1. The zero-order valence-electron chi connectivity index (χ0n) is 18.2. The summed E-state index contributed by atoms with van der Waals surface area (Å²) in [5, 5.41) is 11.0. The van der Waals surface area contributed by atoms with Crippen LogP contribution in [0.5, 0.6) is 11.5 Å². The lowest BCUT2D eigenvalue weighted by molar-refractivity contribution is -0.858. The Morgan fingerprint density at radius 1 is 1.13 bits per heavy atom. The Hall–Kier alpha value is -3.39. The van der Waals surface area contributed by atoms with Crippen LogP contribution in [0.2, 0.25) is 0 Å². The third-order valence-corrected chi connectivity index (χ3v) is 5.30. The predicted molar refractivity (Wildman–Crippen MR) is 115 cm³/mol. The van der Waals surface area contributed by atoms with Crippen molar-refractivity contribution in [2.45, 2.75) is 12.5 Å². The summed E-state index contributed by atoms with van der Waals surface area (Å²) in [7, 11) is 7.12. The average Bonchev–Trinajstić information content (AvgIpc) is 3.03. The number of aliphatic hydroxyl groups is 1. The molecule has 1 aliphatic rings. The topological polar surface area (TPSA) is 93.4 Å². The van der Waals surface area contributed by atoms with Crippen molar-refractivity contribution in [1.82, 2.24) is 9.88 Å². The van der Waals surface area contributed by atoms with Crippen LogP contribution in [0.25, 0.3) is 5.76 Å². The molecule has 0 unspecified atom stereocenters. The Labute approximate surface area is 181 Å². The number of ether oxygens (including phenoxy) is 2. The van der Waals surface area contributed by atoms with Gasteiger partial charge in [0, 0.05) is 36.5 Å². The molecule has 1 aromatic heterocycles. The summed E-state index contributed by atoms with van der Waals surface area (Å²) < 4.78 is 10.9. The van der Waals surface area contributed by atoms with E-state index in [2.05, 4.69) is 4.98 Å². The minimum atomic E-state index is -0.796. The fraction of sp³-hybridized carbons (Fsp3) is 0.348. The molecule has 1 fully saturated rings. The number of methoxy groups -OCH3 is 2. The van der Waals surface area contributed by atoms with Gasteiger partial charge in [0.15, 0.2) is 0 Å². The first kappa shape index (κ1) is 22.3. The van der Waals surface area contributed by atoms with E-state index in [0.29, 0.717) is 35.6 Å². The van der Waals surface area contributed by atoms with Crippen LogP contribution in [0.3, 0.4) is 0 Å². The predicted octanol–water partition coefficient (Wildman–Crippen LogP) is 1.06. The number of rotatable bonds is 8. The number of aliphatic hydroxyl groups excluding tert-OH is 1. The van der Waals surface area contributed by atoms with Gasteiger partial charge < -0.3 is 24.4 Å². The van der Waals surface area contributed by atoms with Gasteiger partial charge in [-0.05, 0) is 30.3 Å². The van der Waals surface area contributed by atoms with Gasteiger partial charge in [0.2, 0.25) is 0 Å². The van der Waals surface area contributed by atoms with E-state index in [1.807, 2.05) is 14.1 Å². The van der Waals surface area contributed by atoms with Gasteiger partial charge in [-0.15, -0.1) is 0 Å². The SMILES string of the molecule is COc1ccc(OC)c([C@H]2C(=C(O)c3ccncc3)C(=O)C(=O)N2CCC[NH+](C)C)c1. The maximum atomic E-state index is 13.1. The van der Waals surface area contributed by atoms with Crippen molar-refractivity contribution in [3.8, 4) is 11.5 Å². The Morgan fingerprint density at radius 2 is 1.84 bits per heavy atom. The zero-order valence-corrected chi connectivity index (χ0v) is 18.2. The minimum absolute atomic E-state index is 0.0277. The Balaban J connectivity index is 2.18. The Morgan fingerprint density at radius 3 is 2.45 bits per heavy atom. The molecular weight excluding hydrogens is 398 g/mol. The smallest absolute Gasteiger partial charge is 0.295 e. The minimum Gasteiger partial charge on any atom is -0.507 e. The number of hydrogen-bond acceptors (Lipinski definition) is 6. The molecule has 8 heteroatoms. The largest absolute Gasteiger partial charge is 0.507 e. The lowest BCUT2D eigenvalue weighted by Gasteiger charge is -2.27. The van der Waals surface area contributed by atoms with E-state index >= 15 is 0 Å². The normalized spacial score (nSPS) is 18.0. The molecule has 3 rings (SSSR count). The summed E-state index contributed by atoms with van der Waals surface area (Å²) in [6.07, 6.45) is 3.74. The molecule has 0 aliphatic carbocycles. The van der Waals surface area contributed by atoms with Crippen molar-refractivity contribution < 1.29 is 29.1 Å². The number of likely N-dealkylation sites (tertiary alicyclic amines) is 1. The third kappa shape index (κ3) is 4.54. The number of carbonyl (C=O) groups excluding carboxylic acids is 2. The van der Waals surface area contributed by atoms with Crippen molar-refractivity contribution in [1.29, 1.82) is 0 Å². The van der Waals surface area contributed by atoms with Gasteiger partial charge in [0.25, 0.3) is 11.7 Å². The summed E-state index contributed by atoms with van der Waals surface area (Å²) in [5.41, 5.74) is 1.02. The Bertz CT molecular complexity index is 988. The molecule has 2 N–H and O–H groups in total. The lowest BCUT2D eigenvalue weighted by Crippen LogP contribution is -3.05. The molecule has 2 aromatic rings. The number of aromatic nitrogens is 1. The molecule has 0 saturated carbocycles. The fourth-order valence-electron chi connectivity index (χ4n) is 3.76. The van der Waals surface area contributed by atoms with Gasteiger partial charge in [-0.1, -0.05) is 0 Å². The van der Waals surface area contributed by atoms with Gasteiger partial charge in [-0.25, -0.2) is 0 Å². The zero-order chi connectivity index (χ0) is 22.5. The van der Waals surface area contributed by atoms with E-state index in [9.17, 15) is 14.7 Å². The summed E-state index contributed by atoms with van der Waals surface area (Å²) in [6, 6.07) is 7.60. The number of nitrogens with zero attached hydrogens (tertiary/aromatic N) is 2. The summed E-state index contributed by atoms with van der Waals surface area (Å²) >= 11 is 0. The standard InChI is InChI=1S/C23H27N3O5/c1-25(2)12-5-13-26-20(17-14-16(30-3)6-7-18(17)31-4)19(22(28)23(26)29)21(27)15-8-10-24-11-9-15/h6-11,14,20,27H,5,12-13H2,1-4H3/p+1/t20-/m0/s1. The third-order valence-electron chi connectivity index (χ3n) is 5.30. The van der Waals surface area contributed by atoms with Crippen LogP contribution in [0.4, 0.5) is 0 Å². The van der Waals surface area contributed by atoms with E-state index in [0.717, 1.165) is 6.54 Å². The van der Waals surface area contributed by atoms with Crippen molar-refractivity contribution in [3.63, 3.8) is 0 Å². The summed E-state index contributed by atoms with van der Waals surface area (Å²) in [5.74, 6) is -0.545. The quantitative estimate of drug-likeness (QED) is 0.372. The summed E-state index contributed by atoms with van der Waals surface area (Å²) in [6.45, 7) is 1.20. The number of quaternary nitrogens is 1. The van der Waals surface area contributed by atoms with Crippen LogP contribution in [0.15, 0.2) is 48.3 Å². The molecule has 31 heavy (non-hydrogen) atoms. The molecule has 0 bridgehead atoms. The number of nitrogens with one attached hydrogen (secondary N) is 1. The van der Waals surface area contributed by atoms with Crippen molar-refractivity contribution in [2.24, 2.45) is 0 Å². The second kappa shape index (κ2) is 9.61. The van der Waals surface area contributed by atoms with Crippen molar-refractivity contribution in [3.05, 3.63) is 59.4 Å². The molecular formula is C23H28N3O5+. The highest BCUT2D eigenvalue weighted by molar-refractivity contribution is 6.46. The van der Waals surface area contributed by atoms with Crippen LogP contribution in [0, 0.1) is 0 Å². The highest BCUT2D eigenvalue weighted by Gasteiger charge is 2.47. The second-order valence-corrected chi connectivity index (χ2v) is 7.65. The van der Waals surface area contributed by atoms with Crippen LogP contribution < -0.4 is 14.4 Å². The number of Topliss-reactive ketones (excluding diaryl/α,β-unsaturated/α-hetero) is 1. The van der Waals surface area contributed by atoms with Crippen molar-refractivity contribution in [2.75, 3.05) is 41.4 Å². The van der Waals surface area contributed by atoms with Crippen LogP contribution in [-0.2, 0) is 9.59 Å². The van der Waals surface area contributed by atoms with Gasteiger partial charge in [-0.3, -0.25) is 14.6 Å². The summed E-state index contributed by atoms with van der Waals surface area (Å²) in [4.78, 5) is 32.8. The molecule has 2 heterocycles. The first-order valence-corrected chi connectivity index (χ1v) is 10.1. The Kier molecular flexibility index (Phi) is 6.91. The average molecular weight is 426 g/mol. The number of amides is 1. The van der Waals surface area contributed by atoms with Gasteiger partial charge >= 0.3 is 0 Å². The molecule has 0 radical (unpaired) electrons. The van der Waals surface area contributed by atoms with E-state index in [4.69, 9.17) is 9.47 Å². The molecule has 1 aliphatic heterocycles. The number of hydrogen-bond donors (Lipinski definition) is 2. The fourth-order valence-corrected chi connectivity index (χ4v) is 3.76. The highest BCUT2D eigenvalue weighted by atomic mass is 16.5. The lowest BCUT2D eigenvalue weighted by atomic mass is 9.94. The maximum absolute atomic E-state index is 13.1. The first-order chi connectivity index (χ1) is 14.9.